The van der Waals surface area contributed by atoms with E-state index in [0.717, 1.165) is 27.2 Å². The second-order valence-electron chi connectivity index (χ2n) is 7.55. The van der Waals surface area contributed by atoms with Crippen molar-refractivity contribution in [1.29, 1.82) is 0 Å². The Morgan fingerprint density at radius 2 is 1.66 bits per heavy atom. The molecule has 1 heterocycles. The first kappa shape index (κ1) is 19.8. The number of likely N-dealkylation sites (tertiary alicyclic amines) is 1. The number of hydrogen-bond donors (Lipinski definition) is 1. The van der Waals surface area contributed by atoms with E-state index in [-0.39, 0.29) is 25.5 Å². The number of fused-ring (bicyclic) bond motifs is 3. The minimum Gasteiger partial charge on any atom is -0.448 e. The summed E-state index contributed by atoms with van der Waals surface area (Å²) >= 11 is 0. The van der Waals surface area contributed by atoms with Crippen LogP contribution in [0.5, 0.6) is 0 Å². The summed E-state index contributed by atoms with van der Waals surface area (Å²) in [6.45, 7) is 0.187. The van der Waals surface area contributed by atoms with E-state index in [0.29, 0.717) is 12.8 Å². The maximum absolute atomic E-state index is 13.0. The van der Waals surface area contributed by atoms with Gasteiger partial charge in [-0.15, -0.1) is 0 Å². The number of carbonyl (C=O) groups excluding carboxylic acids is 1. The Balaban J connectivity index is 1.51. The van der Waals surface area contributed by atoms with Gasteiger partial charge in [0.25, 0.3) is 0 Å². The van der Waals surface area contributed by atoms with Gasteiger partial charge in [0.15, 0.2) is 6.10 Å². The number of halogens is 3. The number of amides is 1. The molecular weight excluding hydrogens is 383 g/mol. The summed E-state index contributed by atoms with van der Waals surface area (Å²) in [5.41, 5.74) is 4.22. The Hall–Kier alpha value is -2.54. The van der Waals surface area contributed by atoms with E-state index in [1.54, 1.807) is 0 Å². The van der Waals surface area contributed by atoms with Gasteiger partial charge in [0.1, 0.15) is 6.61 Å². The zero-order valence-electron chi connectivity index (χ0n) is 15.7. The van der Waals surface area contributed by atoms with E-state index in [1.165, 1.54) is 0 Å². The summed E-state index contributed by atoms with van der Waals surface area (Å²) in [7, 11) is 0. The predicted octanol–water partition coefficient (Wildman–Crippen LogP) is 4.71. The molecule has 29 heavy (non-hydrogen) atoms. The third-order valence-electron chi connectivity index (χ3n) is 5.82. The molecule has 0 radical (unpaired) electrons. The van der Waals surface area contributed by atoms with E-state index in [9.17, 15) is 23.1 Å². The molecule has 0 aromatic heterocycles. The molecular formula is C22H22F3NO3. The Morgan fingerprint density at radius 1 is 1.07 bits per heavy atom. The Morgan fingerprint density at radius 3 is 2.24 bits per heavy atom. The number of alkyl halides is 3. The first-order valence-electron chi connectivity index (χ1n) is 9.74. The molecule has 1 aliphatic heterocycles. The summed E-state index contributed by atoms with van der Waals surface area (Å²) in [6.07, 6.45) is -6.92. The largest absolute Gasteiger partial charge is 0.448 e. The molecule has 2 aromatic carbocycles. The number of nitrogens with zero attached hydrogens (tertiary/aromatic N) is 1. The zero-order chi connectivity index (χ0) is 20.6. The normalized spacial score (nSPS) is 20.1. The number of benzene rings is 2. The number of hydrogen-bond acceptors (Lipinski definition) is 3. The molecule has 4 rings (SSSR count). The third-order valence-corrected chi connectivity index (χ3v) is 5.82. The Bertz CT molecular complexity index is 853. The van der Waals surface area contributed by atoms with Crippen LogP contribution in [0.3, 0.4) is 0 Å². The van der Waals surface area contributed by atoms with Gasteiger partial charge in [0.2, 0.25) is 0 Å². The lowest BCUT2D eigenvalue weighted by Gasteiger charge is -2.38. The smallest absolute Gasteiger partial charge is 0.416 e. The highest BCUT2D eigenvalue weighted by Gasteiger charge is 2.47. The molecule has 2 aromatic rings. The van der Waals surface area contributed by atoms with Crippen molar-refractivity contribution in [3.05, 3.63) is 59.7 Å². The number of ether oxygens (including phenoxy) is 1. The van der Waals surface area contributed by atoms with Crippen LogP contribution in [0.15, 0.2) is 48.5 Å². The van der Waals surface area contributed by atoms with E-state index in [2.05, 4.69) is 0 Å². The molecule has 2 atom stereocenters. The summed E-state index contributed by atoms with van der Waals surface area (Å²) < 4.78 is 44.5. The number of aliphatic hydroxyl groups is 1. The van der Waals surface area contributed by atoms with Crippen molar-refractivity contribution in [3.63, 3.8) is 0 Å². The van der Waals surface area contributed by atoms with Crippen LogP contribution in [0.2, 0.25) is 0 Å². The predicted molar refractivity (Wildman–Crippen MR) is 101 cm³/mol. The summed E-state index contributed by atoms with van der Waals surface area (Å²) in [6, 6.07) is 14.4. The summed E-state index contributed by atoms with van der Waals surface area (Å²) in [5, 5.41) is 9.70. The molecule has 0 bridgehead atoms. The quantitative estimate of drug-likeness (QED) is 0.804. The minimum atomic E-state index is -4.77. The van der Waals surface area contributed by atoms with Gasteiger partial charge in [-0.25, -0.2) is 4.79 Å². The van der Waals surface area contributed by atoms with E-state index < -0.39 is 24.4 Å². The molecule has 2 unspecified atom stereocenters. The van der Waals surface area contributed by atoms with E-state index >= 15 is 0 Å². The van der Waals surface area contributed by atoms with Crippen LogP contribution >= 0.6 is 0 Å². The van der Waals surface area contributed by atoms with E-state index in [4.69, 9.17) is 4.74 Å². The average Bonchev–Trinajstić information content (AvgIpc) is 3.04. The fourth-order valence-corrected chi connectivity index (χ4v) is 4.41. The van der Waals surface area contributed by atoms with Gasteiger partial charge < -0.3 is 14.7 Å². The SMILES string of the molecule is O=C(OCC1c2ccccc2-c2ccccc21)N1CCCCC1C(O)C(F)(F)F. The summed E-state index contributed by atoms with van der Waals surface area (Å²) in [4.78, 5) is 13.7. The topological polar surface area (TPSA) is 49.8 Å². The van der Waals surface area contributed by atoms with Gasteiger partial charge in [-0.1, -0.05) is 48.5 Å². The standard InChI is InChI=1S/C22H22F3NO3/c23-22(24,25)20(27)19-11-5-6-12-26(19)21(28)29-13-18-16-9-3-1-7-14(16)15-8-2-4-10-17(15)18/h1-4,7-10,18-20,27H,5-6,11-13H2. The maximum atomic E-state index is 13.0. The molecule has 0 spiro atoms. The van der Waals surface area contributed by atoms with Crippen LogP contribution in [0.1, 0.15) is 36.3 Å². The molecule has 2 aliphatic rings. The molecule has 154 valence electrons. The molecule has 1 amide bonds. The van der Waals surface area contributed by atoms with Crippen molar-refractivity contribution < 1.29 is 27.8 Å². The van der Waals surface area contributed by atoms with Crippen LogP contribution in [0.25, 0.3) is 11.1 Å². The maximum Gasteiger partial charge on any atom is 0.416 e. The zero-order valence-corrected chi connectivity index (χ0v) is 15.7. The molecule has 4 nitrogen and oxygen atoms in total. The highest BCUT2D eigenvalue weighted by atomic mass is 19.4. The van der Waals surface area contributed by atoms with Crippen LogP contribution < -0.4 is 0 Å². The van der Waals surface area contributed by atoms with Crippen molar-refractivity contribution >= 4 is 6.09 Å². The third kappa shape index (κ3) is 3.71. The highest BCUT2D eigenvalue weighted by Crippen LogP contribution is 2.44. The van der Waals surface area contributed by atoms with E-state index in [1.807, 2.05) is 48.5 Å². The van der Waals surface area contributed by atoms with Crippen molar-refractivity contribution in [3.8, 4) is 11.1 Å². The number of rotatable bonds is 3. The molecule has 1 aliphatic carbocycles. The highest BCUT2D eigenvalue weighted by molar-refractivity contribution is 5.79. The fourth-order valence-electron chi connectivity index (χ4n) is 4.41. The number of aliphatic hydroxyl groups excluding tert-OH is 1. The first-order valence-corrected chi connectivity index (χ1v) is 9.74. The van der Waals surface area contributed by atoms with Crippen LogP contribution in [-0.2, 0) is 4.74 Å². The monoisotopic (exact) mass is 405 g/mol. The van der Waals surface area contributed by atoms with Gasteiger partial charge in [-0.2, -0.15) is 13.2 Å². The van der Waals surface area contributed by atoms with Crippen molar-refractivity contribution in [2.75, 3.05) is 13.2 Å². The lowest BCUT2D eigenvalue weighted by atomic mass is 9.97. The van der Waals surface area contributed by atoms with Crippen LogP contribution in [0, 0.1) is 0 Å². The lowest BCUT2D eigenvalue weighted by molar-refractivity contribution is -0.222. The number of piperidine rings is 1. The van der Waals surface area contributed by atoms with Crippen LogP contribution in [-0.4, -0.2) is 47.6 Å². The summed E-state index contributed by atoms with van der Waals surface area (Å²) in [5.74, 6) is -0.165. The molecule has 1 saturated heterocycles. The van der Waals surface area contributed by atoms with Crippen molar-refractivity contribution in [2.45, 2.75) is 43.5 Å². The Kier molecular flexibility index (Phi) is 5.25. The molecule has 0 saturated carbocycles. The second-order valence-corrected chi connectivity index (χ2v) is 7.55. The fraction of sp³-hybridized carbons (Fsp3) is 0.409. The lowest BCUT2D eigenvalue weighted by Crippen LogP contribution is -2.54. The number of carbonyl (C=O) groups is 1. The first-order chi connectivity index (χ1) is 13.9. The van der Waals surface area contributed by atoms with Gasteiger partial charge in [0, 0.05) is 12.5 Å². The van der Waals surface area contributed by atoms with Gasteiger partial charge in [-0.05, 0) is 41.5 Å². The second kappa shape index (κ2) is 7.71. The van der Waals surface area contributed by atoms with Crippen molar-refractivity contribution in [2.24, 2.45) is 0 Å². The van der Waals surface area contributed by atoms with Gasteiger partial charge in [0.05, 0.1) is 6.04 Å². The minimum absolute atomic E-state index is 0.0399. The van der Waals surface area contributed by atoms with Gasteiger partial charge in [-0.3, -0.25) is 0 Å². The average molecular weight is 405 g/mol. The van der Waals surface area contributed by atoms with Crippen LogP contribution in [0.4, 0.5) is 18.0 Å². The Labute approximate surface area is 166 Å². The molecule has 1 N–H and O–H groups in total. The van der Waals surface area contributed by atoms with Crippen molar-refractivity contribution in [1.82, 2.24) is 4.90 Å². The molecule has 1 fully saturated rings. The van der Waals surface area contributed by atoms with Gasteiger partial charge >= 0.3 is 12.3 Å². The molecule has 7 heteroatoms.